The molecule has 1 amide bonds. The average Bonchev–Trinajstić information content (AvgIpc) is 2.60. The Morgan fingerprint density at radius 3 is 2.38 bits per heavy atom. The Labute approximate surface area is 142 Å². The summed E-state index contributed by atoms with van der Waals surface area (Å²) >= 11 is 0. The van der Waals surface area contributed by atoms with Crippen molar-refractivity contribution in [3.63, 3.8) is 0 Å². The van der Waals surface area contributed by atoms with E-state index in [0.29, 0.717) is 30.8 Å². The van der Waals surface area contributed by atoms with Crippen molar-refractivity contribution in [2.24, 2.45) is 0 Å². The van der Waals surface area contributed by atoms with Crippen LogP contribution in [0.5, 0.6) is 11.5 Å². The van der Waals surface area contributed by atoms with Crippen molar-refractivity contribution in [2.45, 2.75) is 50.5 Å². The molecule has 1 aromatic carbocycles. The SMILES string of the molecule is COc1ccc(CCC(=O)NC2(C(=O)O)CCCCC2)cc1OC. The summed E-state index contributed by atoms with van der Waals surface area (Å²) < 4.78 is 10.4. The first-order valence-electron chi connectivity index (χ1n) is 8.26. The second-order valence-corrected chi connectivity index (χ2v) is 6.19. The van der Waals surface area contributed by atoms with Crippen molar-refractivity contribution in [2.75, 3.05) is 14.2 Å². The van der Waals surface area contributed by atoms with Gasteiger partial charge in [-0.15, -0.1) is 0 Å². The zero-order valence-corrected chi connectivity index (χ0v) is 14.3. The smallest absolute Gasteiger partial charge is 0.329 e. The molecule has 24 heavy (non-hydrogen) atoms. The van der Waals surface area contributed by atoms with E-state index in [4.69, 9.17) is 9.47 Å². The number of hydrogen-bond donors (Lipinski definition) is 2. The fourth-order valence-electron chi connectivity index (χ4n) is 3.17. The number of carboxylic acids is 1. The highest BCUT2D eigenvalue weighted by molar-refractivity contribution is 5.87. The second kappa shape index (κ2) is 8.04. The van der Waals surface area contributed by atoms with Crippen LogP contribution in [-0.2, 0) is 16.0 Å². The lowest BCUT2D eigenvalue weighted by atomic mass is 9.81. The van der Waals surface area contributed by atoms with E-state index in [-0.39, 0.29) is 12.3 Å². The third kappa shape index (κ3) is 4.19. The Morgan fingerprint density at radius 1 is 1.12 bits per heavy atom. The van der Waals surface area contributed by atoms with Gasteiger partial charge in [-0.2, -0.15) is 0 Å². The van der Waals surface area contributed by atoms with Gasteiger partial charge in [-0.05, 0) is 37.0 Å². The van der Waals surface area contributed by atoms with E-state index in [1.54, 1.807) is 20.3 Å². The zero-order valence-electron chi connectivity index (χ0n) is 14.3. The minimum absolute atomic E-state index is 0.228. The molecule has 0 aromatic heterocycles. The van der Waals surface area contributed by atoms with E-state index in [1.165, 1.54) is 0 Å². The van der Waals surface area contributed by atoms with Crippen molar-refractivity contribution < 1.29 is 24.2 Å². The van der Waals surface area contributed by atoms with Crippen LogP contribution >= 0.6 is 0 Å². The maximum absolute atomic E-state index is 12.2. The summed E-state index contributed by atoms with van der Waals surface area (Å²) in [6, 6.07) is 5.51. The van der Waals surface area contributed by atoms with E-state index in [0.717, 1.165) is 24.8 Å². The predicted molar refractivity (Wildman–Crippen MR) is 89.5 cm³/mol. The summed E-state index contributed by atoms with van der Waals surface area (Å²) in [5.41, 5.74) is -0.150. The van der Waals surface area contributed by atoms with Gasteiger partial charge >= 0.3 is 5.97 Å². The van der Waals surface area contributed by atoms with Gasteiger partial charge in [0.25, 0.3) is 0 Å². The van der Waals surface area contributed by atoms with E-state index >= 15 is 0 Å². The van der Waals surface area contributed by atoms with Crippen molar-refractivity contribution in [1.82, 2.24) is 5.32 Å². The quantitative estimate of drug-likeness (QED) is 0.800. The van der Waals surface area contributed by atoms with Crippen LogP contribution in [0.25, 0.3) is 0 Å². The van der Waals surface area contributed by atoms with Crippen LogP contribution in [0.2, 0.25) is 0 Å². The predicted octanol–water partition coefficient (Wildman–Crippen LogP) is 2.54. The number of rotatable bonds is 7. The lowest BCUT2D eigenvalue weighted by molar-refractivity contribution is -0.149. The monoisotopic (exact) mass is 335 g/mol. The molecule has 0 spiro atoms. The fourth-order valence-corrected chi connectivity index (χ4v) is 3.17. The van der Waals surface area contributed by atoms with Crippen molar-refractivity contribution in [1.29, 1.82) is 0 Å². The summed E-state index contributed by atoms with van der Waals surface area (Å²) in [5, 5.41) is 12.3. The second-order valence-electron chi connectivity index (χ2n) is 6.19. The van der Waals surface area contributed by atoms with E-state index < -0.39 is 11.5 Å². The molecule has 2 rings (SSSR count). The number of carboxylic acid groups (broad SMARTS) is 1. The summed E-state index contributed by atoms with van der Waals surface area (Å²) in [5.74, 6) is 0.0955. The third-order valence-corrected chi connectivity index (χ3v) is 4.58. The molecule has 1 fully saturated rings. The molecule has 0 unspecified atom stereocenters. The van der Waals surface area contributed by atoms with E-state index in [2.05, 4.69) is 5.32 Å². The molecule has 1 aliphatic carbocycles. The molecule has 0 heterocycles. The zero-order chi connectivity index (χ0) is 17.6. The number of benzene rings is 1. The lowest BCUT2D eigenvalue weighted by Gasteiger charge is -2.34. The summed E-state index contributed by atoms with van der Waals surface area (Å²) in [4.78, 5) is 23.8. The molecule has 2 N–H and O–H groups in total. The number of hydrogen-bond acceptors (Lipinski definition) is 4. The molecule has 0 atom stereocenters. The van der Waals surface area contributed by atoms with E-state index in [9.17, 15) is 14.7 Å². The molecule has 1 aliphatic rings. The first-order chi connectivity index (χ1) is 11.5. The molecule has 1 saturated carbocycles. The van der Waals surface area contributed by atoms with Gasteiger partial charge < -0.3 is 19.9 Å². The van der Waals surface area contributed by atoms with Crippen molar-refractivity contribution in [3.8, 4) is 11.5 Å². The van der Waals surface area contributed by atoms with Gasteiger partial charge in [0, 0.05) is 6.42 Å². The fraction of sp³-hybridized carbons (Fsp3) is 0.556. The number of carbonyl (C=O) groups is 2. The third-order valence-electron chi connectivity index (χ3n) is 4.58. The van der Waals surface area contributed by atoms with Gasteiger partial charge in [0.2, 0.25) is 5.91 Å². The lowest BCUT2D eigenvalue weighted by Crippen LogP contribution is -2.55. The molecule has 132 valence electrons. The van der Waals surface area contributed by atoms with Crippen LogP contribution in [0.1, 0.15) is 44.1 Å². The first-order valence-corrected chi connectivity index (χ1v) is 8.26. The molecular formula is C18H25NO5. The summed E-state index contributed by atoms with van der Waals surface area (Å²) in [7, 11) is 3.13. The van der Waals surface area contributed by atoms with Crippen LogP contribution in [0.3, 0.4) is 0 Å². The Kier molecular flexibility index (Phi) is 6.06. The highest BCUT2D eigenvalue weighted by atomic mass is 16.5. The maximum Gasteiger partial charge on any atom is 0.329 e. The maximum atomic E-state index is 12.2. The standard InChI is InChI=1S/C18H25NO5/c1-23-14-8-6-13(12-15(14)24-2)7-9-16(20)19-18(17(21)22)10-4-3-5-11-18/h6,8,12H,3-5,7,9-11H2,1-2H3,(H,19,20)(H,21,22). The van der Waals surface area contributed by atoms with Gasteiger partial charge in [-0.3, -0.25) is 4.79 Å². The molecular weight excluding hydrogens is 310 g/mol. The van der Waals surface area contributed by atoms with Crippen LogP contribution in [0.15, 0.2) is 18.2 Å². The van der Waals surface area contributed by atoms with Crippen LogP contribution in [-0.4, -0.2) is 36.7 Å². The Hall–Kier alpha value is -2.24. The number of aryl methyl sites for hydroxylation is 1. The molecule has 0 bridgehead atoms. The van der Waals surface area contributed by atoms with Crippen molar-refractivity contribution >= 4 is 11.9 Å². The number of amides is 1. The number of aliphatic carboxylic acids is 1. The normalized spacial score (nSPS) is 16.2. The van der Waals surface area contributed by atoms with Gasteiger partial charge in [-0.25, -0.2) is 4.79 Å². The first kappa shape index (κ1) is 18.1. The highest BCUT2D eigenvalue weighted by Gasteiger charge is 2.40. The van der Waals surface area contributed by atoms with E-state index in [1.807, 2.05) is 12.1 Å². The Bertz CT molecular complexity index is 593. The molecule has 0 aliphatic heterocycles. The number of nitrogens with one attached hydrogen (secondary N) is 1. The summed E-state index contributed by atoms with van der Waals surface area (Å²) in [6.07, 6.45) is 4.46. The topological polar surface area (TPSA) is 84.9 Å². The summed E-state index contributed by atoms with van der Waals surface area (Å²) in [6.45, 7) is 0. The van der Waals surface area contributed by atoms with Gasteiger partial charge in [0.05, 0.1) is 14.2 Å². The minimum Gasteiger partial charge on any atom is -0.493 e. The number of carbonyl (C=O) groups excluding carboxylic acids is 1. The average molecular weight is 335 g/mol. The molecule has 0 radical (unpaired) electrons. The van der Waals surface area contributed by atoms with Crippen LogP contribution in [0, 0.1) is 0 Å². The molecule has 1 aromatic rings. The van der Waals surface area contributed by atoms with Crippen LogP contribution < -0.4 is 14.8 Å². The highest BCUT2D eigenvalue weighted by Crippen LogP contribution is 2.29. The Morgan fingerprint density at radius 2 is 1.79 bits per heavy atom. The molecule has 6 heteroatoms. The largest absolute Gasteiger partial charge is 0.493 e. The van der Waals surface area contributed by atoms with Gasteiger partial charge in [-0.1, -0.05) is 25.3 Å². The minimum atomic E-state index is -1.09. The van der Waals surface area contributed by atoms with Crippen molar-refractivity contribution in [3.05, 3.63) is 23.8 Å². The molecule has 0 saturated heterocycles. The van der Waals surface area contributed by atoms with Crippen LogP contribution in [0.4, 0.5) is 0 Å². The Balaban J connectivity index is 1.96. The number of ether oxygens (including phenoxy) is 2. The van der Waals surface area contributed by atoms with Gasteiger partial charge in [0.15, 0.2) is 11.5 Å². The van der Waals surface area contributed by atoms with Gasteiger partial charge in [0.1, 0.15) is 5.54 Å². The number of methoxy groups -OCH3 is 2. The molecule has 6 nitrogen and oxygen atoms in total.